The number of aromatic nitrogens is 5. The van der Waals surface area contributed by atoms with Crippen molar-refractivity contribution in [3.63, 3.8) is 0 Å². The van der Waals surface area contributed by atoms with Crippen molar-refractivity contribution in [1.29, 1.82) is 0 Å². The second-order valence-corrected chi connectivity index (χ2v) is 12.3. The number of hydrogen-bond acceptors (Lipinski definition) is 6. The summed E-state index contributed by atoms with van der Waals surface area (Å²) in [5, 5.41) is 5.34. The Kier molecular flexibility index (Phi) is 5.91. The summed E-state index contributed by atoms with van der Waals surface area (Å²) in [6, 6.07) is 6.70. The van der Waals surface area contributed by atoms with Gasteiger partial charge in [0, 0.05) is 54.4 Å². The molecule has 2 aliphatic carbocycles. The molecule has 0 spiro atoms. The van der Waals surface area contributed by atoms with Gasteiger partial charge in [-0.3, -0.25) is 9.48 Å². The number of ketones is 1. The summed E-state index contributed by atoms with van der Waals surface area (Å²) in [4.78, 5) is 27.7. The van der Waals surface area contributed by atoms with Crippen LogP contribution in [0.1, 0.15) is 88.6 Å². The first-order chi connectivity index (χ1) is 17.8. The van der Waals surface area contributed by atoms with E-state index < -0.39 is 0 Å². The third-order valence-corrected chi connectivity index (χ3v) is 8.91. The lowest BCUT2D eigenvalue weighted by Gasteiger charge is -2.25. The molecule has 0 radical (unpaired) electrons. The van der Waals surface area contributed by atoms with Gasteiger partial charge in [-0.1, -0.05) is 32.9 Å². The highest BCUT2D eigenvalue weighted by molar-refractivity contribution is 7.13. The molecule has 0 amide bonds. The number of carbonyl (C=O) groups is 1. The van der Waals surface area contributed by atoms with Crippen LogP contribution in [0.5, 0.6) is 0 Å². The minimum Gasteiger partial charge on any atom is -0.293 e. The van der Waals surface area contributed by atoms with Crippen molar-refractivity contribution < 1.29 is 4.79 Å². The Bertz CT molecular complexity index is 1540. The molecule has 3 aromatic heterocycles. The Hall–Kier alpha value is -3.45. The lowest BCUT2D eigenvalue weighted by atomic mass is 9.79. The van der Waals surface area contributed by atoms with E-state index in [0.717, 1.165) is 58.1 Å². The molecule has 3 heterocycles. The van der Waals surface area contributed by atoms with Crippen LogP contribution >= 0.6 is 11.3 Å². The number of Topliss-reactive ketones (excluding diaryl/α,β-unsaturated/α-hetero) is 1. The molecule has 4 aromatic rings. The SMILES string of the molecule is Cn1cc(C2=Cc3ncnc(-c4ccc5c(c4)CCCC5CC(=O)c4cnc(C(C)(C)C)s4)c3C2)cn1. The van der Waals surface area contributed by atoms with Gasteiger partial charge in [0.2, 0.25) is 0 Å². The van der Waals surface area contributed by atoms with Crippen molar-refractivity contribution in [3.8, 4) is 11.3 Å². The van der Waals surface area contributed by atoms with Crippen LogP contribution in [0.3, 0.4) is 0 Å². The van der Waals surface area contributed by atoms with Crippen LogP contribution in [0, 0.1) is 0 Å². The summed E-state index contributed by atoms with van der Waals surface area (Å²) in [5.41, 5.74) is 9.25. The number of rotatable bonds is 5. The molecule has 0 fully saturated rings. The van der Waals surface area contributed by atoms with E-state index in [1.54, 1.807) is 23.9 Å². The molecular formula is C30H31N5OS. The maximum absolute atomic E-state index is 13.2. The molecule has 0 aliphatic heterocycles. The first kappa shape index (κ1) is 23.9. The largest absolute Gasteiger partial charge is 0.293 e. The van der Waals surface area contributed by atoms with E-state index in [1.807, 2.05) is 24.1 Å². The van der Waals surface area contributed by atoms with E-state index in [-0.39, 0.29) is 17.1 Å². The number of nitrogens with zero attached hydrogens (tertiary/aromatic N) is 5. The summed E-state index contributed by atoms with van der Waals surface area (Å²) in [7, 11) is 1.94. The fraction of sp³-hybridized carbons (Fsp3) is 0.367. The summed E-state index contributed by atoms with van der Waals surface area (Å²) in [6.45, 7) is 6.41. The maximum atomic E-state index is 13.2. The minimum absolute atomic E-state index is 0.0352. The average Bonchev–Trinajstić information content (AvgIpc) is 3.62. The van der Waals surface area contributed by atoms with Crippen LogP contribution in [0.2, 0.25) is 0 Å². The number of thiazole rings is 1. The molecule has 2 aliphatic rings. The first-order valence-electron chi connectivity index (χ1n) is 12.9. The Morgan fingerprint density at radius 3 is 2.76 bits per heavy atom. The second kappa shape index (κ2) is 9.14. The van der Waals surface area contributed by atoms with Gasteiger partial charge >= 0.3 is 0 Å². The predicted octanol–water partition coefficient (Wildman–Crippen LogP) is 6.42. The zero-order valence-corrected chi connectivity index (χ0v) is 22.6. The highest BCUT2D eigenvalue weighted by Gasteiger charge is 2.27. The van der Waals surface area contributed by atoms with E-state index >= 15 is 0 Å². The molecule has 37 heavy (non-hydrogen) atoms. The van der Waals surface area contributed by atoms with Gasteiger partial charge in [0.05, 0.1) is 27.5 Å². The topological polar surface area (TPSA) is 73.6 Å². The number of fused-ring (bicyclic) bond motifs is 2. The normalized spacial score (nSPS) is 16.9. The molecule has 1 atom stereocenters. The molecule has 188 valence electrons. The summed E-state index contributed by atoms with van der Waals surface area (Å²) < 4.78 is 1.83. The van der Waals surface area contributed by atoms with Gasteiger partial charge in [0.1, 0.15) is 6.33 Å². The highest BCUT2D eigenvalue weighted by atomic mass is 32.1. The van der Waals surface area contributed by atoms with Crippen molar-refractivity contribution in [1.82, 2.24) is 24.7 Å². The molecule has 1 unspecified atom stereocenters. The summed E-state index contributed by atoms with van der Waals surface area (Å²) >= 11 is 1.54. The van der Waals surface area contributed by atoms with Crippen molar-refractivity contribution in [2.75, 3.05) is 0 Å². The van der Waals surface area contributed by atoms with E-state index in [2.05, 4.69) is 60.1 Å². The summed E-state index contributed by atoms with van der Waals surface area (Å²) in [5.74, 6) is 0.456. The van der Waals surface area contributed by atoms with Crippen molar-refractivity contribution >= 4 is 28.8 Å². The van der Waals surface area contributed by atoms with Crippen molar-refractivity contribution in [2.24, 2.45) is 7.05 Å². The maximum Gasteiger partial charge on any atom is 0.175 e. The Morgan fingerprint density at radius 2 is 2.00 bits per heavy atom. The number of benzene rings is 1. The molecule has 6 nitrogen and oxygen atoms in total. The van der Waals surface area contributed by atoms with Crippen LogP contribution in [-0.2, 0) is 25.3 Å². The van der Waals surface area contributed by atoms with E-state index in [0.29, 0.717) is 6.42 Å². The van der Waals surface area contributed by atoms with E-state index in [9.17, 15) is 4.79 Å². The van der Waals surface area contributed by atoms with Gasteiger partial charge in [-0.2, -0.15) is 5.10 Å². The Balaban J connectivity index is 1.24. The number of hydrogen-bond donors (Lipinski definition) is 0. The lowest BCUT2D eigenvalue weighted by molar-refractivity contribution is 0.0974. The fourth-order valence-electron chi connectivity index (χ4n) is 5.50. The molecule has 6 rings (SSSR count). The molecule has 0 N–H and O–H groups in total. The molecule has 7 heteroatoms. The zero-order chi connectivity index (χ0) is 25.7. The average molecular weight is 510 g/mol. The smallest absolute Gasteiger partial charge is 0.175 e. The van der Waals surface area contributed by atoms with Gasteiger partial charge in [-0.25, -0.2) is 15.0 Å². The van der Waals surface area contributed by atoms with Gasteiger partial charge in [-0.15, -0.1) is 11.3 Å². The molecule has 0 bridgehead atoms. The van der Waals surface area contributed by atoms with Gasteiger partial charge in [-0.05, 0) is 54.0 Å². The zero-order valence-electron chi connectivity index (χ0n) is 21.8. The van der Waals surface area contributed by atoms with Gasteiger partial charge in [0.15, 0.2) is 5.78 Å². The van der Waals surface area contributed by atoms with Gasteiger partial charge < -0.3 is 0 Å². The van der Waals surface area contributed by atoms with Crippen LogP contribution in [-0.4, -0.2) is 30.5 Å². The second-order valence-electron chi connectivity index (χ2n) is 11.2. The quantitative estimate of drug-likeness (QED) is 0.290. The predicted molar refractivity (Wildman–Crippen MR) is 148 cm³/mol. The third-order valence-electron chi connectivity index (χ3n) is 7.44. The minimum atomic E-state index is -0.0352. The van der Waals surface area contributed by atoms with Crippen LogP contribution < -0.4 is 0 Å². The van der Waals surface area contributed by atoms with Crippen LogP contribution in [0.15, 0.2) is 43.1 Å². The van der Waals surface area contributed by atoms with Crippen molar-refractivity contribution in [3.05, 3.63) is 80.9 Å². The van der Waals surface area contributed by atoms with E-state index in [4.69, 9.17) is 4.98 Å². The Labute approximate surface area is 221 Å². The summed E-state index contributed by atoms with van der Waals surface area (Å²) in [6.07, 6.45) is 14.1. The van der Waals surface area contributed by atoms with Crippen LogP contribution in [0.25, 0.3) is 22.9 Å². The lowest BCUT2D eigenvalue weighted by Crippen LogP contribution is -2.14. The highest BCUT2D eigenvalue weighted by Crippen LogP contribution is 2.40. The number of allylic oxidation sites excluding steroid dienone is 1. The van der Waals surface area contributed by atoms with E-state index in [1.165, 1.54) is 22.3 Å². The molecule has 0 saturated carbocycles. The Morgan fingerprint density at radius 1 is 1.14 bits per heavy atom. The van der Waals surface area contributed by atoms with Crippen LogP contribution in [0.4, 0.5) is 0 Å². The monoisotopic (exact) mass is 509 g/mol. The fourth-order valence-corrected chi connectivity index (χ4v) is 6.42. The number of aryl methyl sites for hydroxylation is 2. The first-order valence-corrected chi connectivity index (χ1v) is 13.7. The molecule has 1 aromatic carbocycles. The number of carbonyl (C=O) groups excluding carboxylic acids is 1. The third kappa shape index (κ3) is 4.57. The standard InChI is InChI=1S/C30H31N5OS/c1-30(2,3)29-31-15-27(37-29)26(36)13-19-7-5-6-18-10-20(8-9-23(18)19)28-24-11-21(12-25(24)32-17-33-28)22-14-34-35(4)16-22/h8-10,12,14-17,19H,5-7,11,13H2,1-4H3. The van der Waals surface area contributed by atoms with Gasteiger partial charge in [0.25, 0.3) is 0 Å². The van der Waals surface area contributed by atoms with Crippen molar-refractivity contribution in [2.45, 2.75) is 64.2 Å². The molecule has 0 saturated heterocycles. The molecular weight excluding hydrogens is 478 g/mol.